The molecular weight excluding hydrogens is 256 g/mol. The Morgan fingerprint density at radius 2 is 2.15 bits per heavy atom. The number of nitrogens with zero attached hydrogens (tertiary/aromatic N) is 2. The number of nitrogens with one attached hydrogen (secondary N) is 1. The van der Waals surface area contributed by atoms with Crippen molar-refractivity contribution in [2.75, 3.05) is 0 Å². The molecule has 0 aliphatic heterocycles. The fourth-order valence-corrected chi connectivity index (χ4v) is 1.88. The third-order valence-corrected chi connectivity index (χ3v) is 3.02. The lowest BCUT2D eigenvalue weighted by Crippen LogP contribution is -2.44. The summed E-state index contributed by atoms with van der Waals surface area (Å²) in [6.45, 7) is 1.83. The van der Waals surface area contributed by atoms with E-state index in [1.807, 2.05) is 37.3 Å². The third kappa shape index (κ3) is 2.85. The Hall–Kier alpha value is -2.63. The Morgan fingerprint density at radius 1 is 1.40 bits per heavy atom. The summed E-state index contributed by atoms with van der Waals surface area (Å²) in [4.78, 5) is 16.4. The smallest absolute Gasteiger partial charge is 0.270 e. The number of aromatic nitrogens is 1. The molecule has 1 unspecified atom stereocenters. The Bertz CT molecular complexity index is 654. The highest BCUT2D eigenvalue weighted by atomic mass is 16.4. The number of fused-ring (bicyclic) bond motifs is 1. The maximum atomic E-state index is 12.1. The Morgan fingerprint density at radius 3 is 2.85 bits per heavy atom. The molecule has 0 fully saturated rings. The molecule has 2 aromatic rings. The number of carbonyl (C=O) groups is 1. The number of amides is 1. The molecule has 4 N–H and O–H groups in total. The monoisotopic (exact) mass is 272 g/mol. The van der Waals surface area contributed by atoms with Crippen LogP contribution in [-0.4, -0.2) is 28.0 Å². The number of para-hydroxylation sites is 1. The second-order valence-electron chi connectivity index (χ2n) is 4.35. The van der Waals surface area contributed by atoms with Crippen LogP contribution in [0, 0.1) is 0 Å². The van der Waals surface area contributed by atoms with Crippen molar-refractivity contribution in [3.05, 3.63) is 42.1 Å². The number of pyridine rings is 1. The number of nitrogens with two attached hydrogens (primary N) is 1. The molecule has 0 aliphatic rings. The van der Waals surface area contributed by atoms with Crippen molar-refractivity contribution in [2.24, 2.45) is 10.9 Å². The summed E-state index contributed by atoms with van der Waals surface area (Å²) in [7, 11) is 0. The van der Waals surface area contributed by atoms with Crippen molar-refractivity contribution in [1.82, 2.24) is 10.3 Å². The molecule has 2 rings (SSSR count). The molecule has 6 heteroatoms. The molecule has 1 aromatic heterocycles. The van der Waals surface area contributed by atoms with Gasteiger partial charge in [-0.05, 0) is 18.6 Å². The lowest BCUT2D eigenvalue weighted by atomic mass is 10.1. The molecule has 0 bridgehead atoms. The zero-order valence-electron chi connectivity index (χ0n) is 11.1. The van der Waals surface area contributed by atoms with E-state index in [2.05, 4.69) is 15.5 Å². The van der Waals surface area contributed by atoms with Crippen LogP contribution in [0.5, 0.6) is 0 Å². The minimum atomic E-state index is -0.513. The molecule has 20 heavy (non-hydrogen) atoms. The van der Waals surface area contributed by atoms with Crippen molar-refractivity contribution in [3.63, 3.8) is 0 Å². The van der Waals surface area contributed by atoms with Gasteiger partial charge < -0.3 is 16.3 Å². The van der Waals surface area contributed by atoms with Crippen LogP contribution in [0.4, 0.5) is 0 Å². The van der Waals surface area contributed by atoms with Crippen molar-refractivity contribution < 1.29 is 10.0 Å². The highest BCUT2D eigenvalue weighted by Gasteiger charge is 2.17. The van der Waals surface area contributed by atoms with Crippen LogP contribution in [0.2, 0.25) is 0 Å². The quantitative estimate of drug-likeness (QED) is 0.340. The van der Waals surface area contributed by atoms with Gasteiger partial charge in [0.2, 0.25) is 0 Å². The first-order valence-electron chi connectivity index (χ1n) is 6.29. The van der Waals surface area contributed by atoms with Gasteiger partial charge in [-0.3, -0.25) is 4.79 Å². The Kier molecular flexibility index (Phi) is 4.14. The van der Waals surface area contributed by atoms with Crippen LogP contribution >= 0.6 is 0 Å². The number of amidine groups is 1. The fourth-order valence-electron chi connectivity index (χ4n) is 1.88. The number of hydrogen-bond acceptors (Lipinski definition) is 4. The van der Waals surface area contributed by atoms with Gasteiger partial charge in [-0.15, -0.1) is 0 Å². The van der Waals surface area contributed by atoms with Crippen molar-refractivity contribution in [2.45, 2.75) is 19.4 Å². The SMILES string of the molecule is CCC(NC(=O)c1ccc2ccccc2n1)/C(N)=N/O. The zero-order chi connectivity index (χ0) is 14.5. The average molecular weight is 272 g/mol. The molecule has 1 aromatic carbocycles. The number of benzene rings is 1. The summed E-state index contributed by atoms with van der Waals surface area (Å²) in [5, 5.41) is 15.2. The number of carbonyl (C=O) groups excluding carboxylic acids is 1. The molecule has 1 atom stereocenters. The Labute approximate surface area is 116 Å². The van der Waals surface area contributed by atoms with Crippen LogP contribution < -0.4 is 11.1 Å². The van der Waals surface area contributed by atoms with Crippen molar-refractivity contribution in [1.29, 1.82) is 0 Å². The van der Waals surface area contributed by atoms with Gasteiger partial charge in [0.25, 0.3) is 5.91 Å². The second-order valence-corrected chi connectivity index (χ2v) is 4.35. The van der Waals surface area contributed by atoms with Gasteiger partial charge in [-0.1, -0.05) is 36.3 Å². The summed E-state index contributed by atoms with van der Waals surface area (Å²) in [5.41, 5.74) is 6.56. The van der Waals surface area contributed by atoms with E-state index >= 15 is 0 Å². The summed E-state index contributed by atoms with van der Waals surface area (Å²) >= 11 is 0. The van der Waals surface area contributed by atoms with Gasteiger partial charge in [0.1, 0.15) is 5.69 Å². The highest BCUT2D eigenvalue weighted by Crippen LogP contribution is 2.11. The standard InChI is InChI=1S/C14H16N4O2/c1-2-10(13(15)18-20)17-14(19)12-8-7-9-5-3-4-6-11(9)16-12/h3-8,10,20H,2H2,1H3,(H2,15,18)(H,17,19). The molecule has 104 valence electrons. The van der Waals surface area contributed by atoms with Gasteiger partial charge >= 0.3 is 0 Å². The molecule has 0 saturated heterocycles. The first-order chi connectivity index (χ1) is 9.65. The maximum Gasteiger partial charge on any atom is 0.270 e. The lowest BCUT2D eigenvalue weighted by molar-refractivity contribution is 0.0941. The summed E-state index contributed by atoms with van der Waals surface area (Å²) in [5.74, 6) is -0.379. The molecule has 1 heterocycles. The van der Waals surface area contributed by atoms with Crippen LogP contribution in [-0.2, 0) is 0 Å². The van der Waals surface area contributed by atoms with Crippen LogP contribution in [0.3, 0.4) is 0 Å². The van der Waals surface area contributed by atoms with E-state index in [0.717, 1.165) is 10.9 Å². The van der Waals surface area contributed by atoms with Gasteiger partial charge in [-0.2, -0.15) is 0 Å². The third-order valence-electron chi connectivity index (χ3n) is 3.02. The van der Waals surface area contributed by atoms with E-state index in [1.165, 1.54) is 0 Å². The first kappa shape index (κ1) is 13.8. The maximum absolute atomic E-state index is 12.1. The van der Waals surface area contributed by atoms with Crippen molar-refractivity contribution >= 4 is 22.6 Å². The van der Waals surface area contributed by atoms with Gasteiger partial charge in [0.05, 0.1) is 11.6 Å². The fraction of sp³-hybridized carbons (Fsp3) is 0.214. The average Bonchev–Trinajstić information content (AvgIpc) is 2.51. The van der Waals surface area contributed by atoms with Crippen LogP contribution in [0.25, 0.3) is 10.9 Å². The minimum Gasteiger partial charge on any atom is -0.409 e. The number of oxime groups is 1. The molecule has 1 amide bonds. The van der Waals surface area contributed by atoms with E-state index < -0.39 is 6.04 Å². The Balaban J connectivity index is 2.22. The number of hydrogen-bond donors (Lipinski definition) is 3. The molecule has 6 nitrogen and oxygen atoms in total. The van der Waals surface area contributed by atoms with E-state index in [1.54, 1.807) is 6.07 Å². The second kappa shape index (κ2) is 6.01. The predicted octanol–water partition coefficient (Wildman–Crippen LogP) is 1.49. The van der Waals surface area contributed by atoms with Gasteiger partial charge in [0, 0.05) is 5.39 Å². The predicted molar refractivity (Wildman–Crippen MR) is 76.7 cm³/mol. The van der Waals surface area contributed by atoms with Gasteiger partial charge in [-0.25, -0.2) is 4.98 Å². The summed E-state index contributed by atoms with van der Waals surface area (Å²) in [6, 6.07) is 10.5. The van der Waals surface area contributed by atoms with E-state index in [0.29, 0.717) is 12.1 Å². The van der Waals surface area contributed by atoms with E-state index in [-0.39, 0.29) is 11.7 Å². The minimum absolute atomic E-state index is 0.0263. The highest BCUT2D eigenvalue weighted by molar-refractivity contribution is 5.98. The summed E-state index contributed by atoms with van der Waals surface area (Å²) < 4.78 is 0. The molecule has 0 radical (unpaired) electrons. The lowest BCUT2D eigenvalue weighted by Gasteiger charge is -2.15. The first-order valence-corrected chi connectivity index (χ1v) is 6.29. The topological polar surface area (TPSA) is 101 Å². The molecular formula is C14H16N4O2. The largest absolute Gasteiger partial charge is 0.409 e. The van der Waals surface area contributed by atoms with Crippen LogP contribution in [0.1, 0.15) is 23.8 Å². The molecule has 0 aliphatic carbocycles. The van der Waals surface area contributed by atoms with Crippen LogP contribution in [0.15, 0.2) is 41.6 Å². The summed E-state index contributed by atoms with van der Waals surface area (Å²) in [6.07, 6.45) is 0.523. The number of rotatable bonds is 4. The molecule has 0 spiro atoms. The normalized spacial score (nSPS) is 13.2. The molecule has 0 saturated carbocycles. The van der Waals surface area contributed by atoms with E-state index in [9.17, 15) is 4.79 Å². The van der Waals surface area contributed by atoms with Gasteiger partial charge in [0.15, 0.2) is 5.84 Å². The van der Waals surface area contributed by atoms with Crippen molar-refractivity contribution in [3.8, 4) is 0 Å². The van der Waals surface area contributed by atoms with E-state index in [4.69, 9.17) is 10.9 Å². The zero-order valence-corrected chi connectivity index (χ0v) is 11.1.